The van der Waals surface area contributed by atoms with Crippen molar-refractivity contribution in [2.24, 2.45) is 0 Å². The number of carbonyl (C=O) groups excluding carboxylic acids is 2. The van der Waals surface area contributed by atoms with Gasteiger partial charge in [0.1, 0.15) is 5.75 Å². The lowest BCUT2D eigenvalue weighted by Gasteiger charge is -2.15. The first-order valence-corrected chi connectivity index (χ1v) is 9.66. The van der Waals surface area contributed by atoms with Crippen molar-refractivity contribution in [2.45, 2.75) is 0 Å². The molecule has 0 atom stereocenters. The van der Waals surface area contributed by atoms with Crippen LogP contribution in [0.2, 0.25) is 0 Å². The second-order valence-electron chi connectivity index (χ2n) is 5.61. The van der Waals surface area contributed by atoms with E-state index in [4.69, 9.17) is 31.2 Å². The molecule has 0 aliphatic rings. The monoisotopic (exact) mass is 497 g/mol. The normalized spacial score (nSPS) is 9.87. The third-order valence-corrected chi connectivity index (χ3v) is 4.39. The lowest BCUT2D eigenvalue weighted by Crippen LogP contribution is -2.49. The number of nitrogens with one attached hydrogen (secondary N) is 3. The predicted octanol–water partition coefficient (Wildman–Crippen LogP) is 2.19. The summed E-state index contributed by atoms with van der Waals surface area (Å²) >= 11 is 8.31. The molecule has 0 saturated heterocycles. The van der Waals surface area contributed by atoms with Gasteiger partial charge in [-0.05, 0) is 48.6 Å². The number of rotatable bonds is 7. The van der Waals surface area contributed by atoms with Crippen molar-refractivity contribution in [2.75, 3.05) is 27.9 Å². The van der Waals surface area contributed by atoms with Crippen molar-refractivity contribution in [3.8, 4) is 23.0 Å². The van der Waals surface area contributed by atoms with Gasteiger partial charge in [0.2, 0.25) is 5.75 Å². The molecule has 0 unspecified atom stereocenters. The molecular weight excluding hydrogens is 478 g/mol. The van der Waals surface area contributed by atoms with Crippen molar-refractivity contribution in [3.63, 3.8) is 0 Å². The minimum Gasteiger partial charge on any atom is -0.493 e. The first-order valence-electron chi connectivity index (χ1n) is 8.46. The fourth-order valence-corrected chi connectivity index (χ4v) is 2.70. The van der Waals surface area contributed by atoms with E-state index in [2.05, 4.69) is 32.1 Å². The fourth-order valence-electron chi connectivity index (χ4n) is 2.27. The molecule has 3 N–H and O–H groups in total. The Morgan fingerprint density at radius 2 is 1.57 bits per heavy atom. The van der Waals surface area contributed by atoms with E-state index in [0.717, 1.165) is 4.47 Å². The van der Waals surface area contributed by atoms with E-state index in [1.54, 1.807) is 24.3 Å². The van der Waals surface area contributed by atoms with Gasteiger partial charge in [0, 0.05) is 10.0 Å². The molecule has 0 radical (unpaired) electrons. The number of hydrazine groups is 1. The van der Waals surface area contributed by atoms with E-state index < -0.39 is 11.8 Å². The van der Waals surface area contributed by atoms with Gasteiger partial charge in [-0.15, -0.1) is 0 Å². The summed E-state index contributed by atoms with van der Waals surface area (Å²) in [7, 11) is 4.35. The maximum Gasteiger partial charge on any atom is 0.269 e. The summed E-state index contributed by atoms with van der Waals surface area (Å²) in [5.41, 5.74) is 5.05. The number of thiocarbonyl (C=S) groups is 1. The van der Waals surface area contributed by atoms with Gasteiger partial charge >= 0.3 is 0 Å². The van der Waals surface area contributed by atoms with E-state index in [-0.39, 0.29) is 17.3 Å². The largest absolute Gasteiger partial charge is 0.493 e. The third kappa shape index (κ3) is 6.49. The van der Waals surface area contributed by atoms with Crippen molar-refractivity contribution in [3.05, 3.63) is 46.4 Å². The first-order chi connectivity index (χ1) is 14.4. The zero-order valence-corrected chi connectivity index (χ0v) is 18.8. The molecule has 0 spiro atoms. The van der Waals surface area contributed by atoms with Gasteiger partial charge in [-0.2, -0.15) is 0 Å². The Balaban J connectivity index is 1.87. The number of benzene rings is 2. The molecule has 2 aromatic rings. The Kier molecular flexibility index (Phi) is 8.69. The maximum atomic E-state index is 12.4. The Morgan fingerprint density at radius 1 is 0.967 bits per heavy atom. The van der Waals surface area contributed by atoms with Crippen molar-refractivity contribution >= 4 is 45.1 Å². The highest BCUT2D eigenvalue weighted by atomic mass is 79.9. The van der Waals surface area contributed by atoms with Crippen LogP contribution >= 0.6 is 28.1 Å². The zero-order valence-electron chi connectivity index (χ0n) is 16.4. The second kappa shape index (κ2) is 11.2. The van der Waals surface area contributed by atoms with Crippen LogP contribution in [0.1, 0.15) is 10.4 Å². The highest BCUT2D eigenvalue weighted by Crippen LogP contribution is 2.38. The predicted molar refractivity (Wildman–Crippen MR) is 117 cm³/mol. The van der Waals surface area contributed by atoms with Crippen molar-refractivity contribution in [1.29, 1.82) is 0 Å². The molecule has 11 heteroatoms. The lowest BCUT2D eigenvalue weighted by molar-refractivity contribution is -0.121. The minimum absolute atomic E-state index is 0.0970. The van der Waals surface area contributed by atoms with Crippen LogP contribution in [0.3, 0.4) is 0 Å². The van der Waals surface area contributed by atoms with Crippen molar-refractivity contribution in [1.82, 2.24) is 16.2 Å². The number of amides is 2. The van der Waals surface area contributed by atoms with Gasteiger partial charge in [-0.25, -0.2) is 0 Å². The fraction of sp³-hybridized carbons (Fsp3) is 0.211. The summed E-state index contributed by atoms with van der Waals surface area (Å²) in [6.45, 7) is -0.246. The molecule has 0 fully saturated rings. The number of hydrogen-bond donors (Lipinski definition) is 3. The minimum atomic E-state index is -0.531. The molecule has 0 aliphatic heterocycles. The van der Waals surface area contributed by atoms with Crippen LogP contribution in [-0.4, -0.2) is 44.9 Å². The molecule has 2 aromatic carbocycles. The highest BCUT2D eigenvalue weighted by Gasteiger charge is 2.17. The van der Waals surface area contributed by atoms with Gasteiger partial charge in [0.15, 0.2) is 23.2 Å². The Morgan fingerprint density at radius 3 is 2.10 bits per heavy atom. The Bertz CT molecular complexity index is 898. The van der Waals surface area contributed by atoms with Crippen molar-refractivity contribution < 1.29 is 28.5 Å². The molecule has 0 saturated carbocycles. The molecule has 9 nitrogen and oxygen atoms in total. The van der Waals surface area contributed by atoms with Gasteiger partial charge in [-0.1, -0.05) is 15.9 Å². The SMILES string of the molecule is COc1cc(C(=O)NNC(=S)NC(=O)COc2ccc(Br)cc2)cc(OC)c1OC. The molecule has 2 rings (SSSR count). The molecule has 0 bridgehead atoms. The molecule has 2 amide bonds. The average Bonchev–Trinajstić information content (AvgIpc) is 2.75. The Labute approximate surface area is 187 Å². The standard InChI is InChI=1S/C19H20BrN3O6S/c1-26-14-8-11(9-15(27-2)17(14)28-3)18(25)22-23-19(30)21-16(24)10-29-13-6-4-12(20)5-7-13/h4-9H,10H2,1-3H3,(H,22,25)(H2,21,23,24,30). The van der Waals surface area contributed by atoms with E-state index >= 15 is 0 Å². The number of hydrogen-bond acceptors (Lipinski definition) is 7. The van der Waals surface area contributed by atoms with Crippen LogP contribution in [0.5, 0.6) is 23.0 Å². The molecule has 0 aliphatic carbocycles. The van der Waals surface area contributed by atoms with Crippen LogP contribution < -0.4 is 35.1 Å². The summed E-state index contributed by atoms with van der Waals surface area (Å²) < 4.78 is 21.9. The topological polar surface area (TPSA) is 107 Å². The van der Waals surface area contributed by atoms with E-state index in [1.165, 1.54) is 33.5 Å². The number of ether oxygens (including phenoxy) is 4. The van der Waals surface area contributed by atoms with Crippen LogP contribution in [0.25, 0.3) is 0 Å². The molecule has 0 heterocycles. The van der Waals surface area contributed by atoms with Gasteiger partial charge < -0.3 is 18.9 Å². The van der Waals surface area contributed by atoms with Crippen LogP contribution in [0.4, 0.5) is 0 Å². The quantitative estimate of drug-likeness (QED) is 0.394. The smallest absolute Gasteiger partial charge is 0.269 e. The average molecular weight is 498 g/mol. The molecule has 160 valence electrons. The van der Waals surface area contributed by atoms with E-state index in [0.29, 0.717) is 23.0 Å². The lowest BCUT2D eigenvalue weighted by atomic mass is 10.1. The summed E-state index contributed by atoms with van der Waals surface area (Å²) in [5.74, 6) is 0.515. The first kappa shape index (κ1) is 23.2. The molecule has 30 heavy (non-hydrogen) atoms. The molecule has 0 aromatic heterocycles. The van der Waals surface area contributed by atoms with Gasteiger partial charge in [0.05, 0.1) is 21.3 Å². The summed E-state index contributed by atoms with van der Waals surface area (Å²) in [5, 5.41) is 2.30. The Hall–Kier alpha value is -3.05. The highest BCUT2D eigenvalue weighted by molar-refractivity contribution is 9.10. The number of halogens is 1. The summed E-state index contributed by atoms with van der Waals surface area (Å²) in [4.78, 5) is 24.3. The second-order valence-corrected chi connectivity index (χ2v) is 6.94. The summed E-state index contributed by atoms with van der Waals surface area (Å²) in [6, 6.07) is 9.96. The molecular formula is C19H20BrN3O6S. The van der Waals surface area contributed by atoms with Gasteiger partial charge in [0.25, 0.3) is 11.8 Å². The number of methoxy groups -OCH3 is 3. The van der Waals surface area contributed by atoms with Gasteiger partial charge in [-0.3, -0.25) is 25.8 Å². The van der Waals surface area contributed by atoms with E-state index in [1.807, 2.05) is 0 Å². The van der Waals surface area contributed by atoms with Crippen LogP contribution in [0.15, 0.2) is 40.9 Å². The van der Waals surface area contributed by atoms with Crippen LogP contribution in [-0.2, 0) is 4.79 Å². The van der Waals surface area contributed by atoms with Crippen LogP contribution in [0, 0.1) is 0 Å². The maximum absolute atomic E-state index is 12.4. The zero-order chi connectivity index (χ0) is 22.1. The van der Waals surface area contributed by atoms with E-state index in [9.17, 15) is 9.59 Å². The summed E-state index contributed by atoms with van der Waals surface area (Å²) in [6.07, 6.45) is 0. The third-order valence-electron chi connectivity index (χ3n) is 3.65. The number of carbonyl (C=O) groups is 2.